The standard InChI is InChI=1S/C15H14O4.C6H10O3/c1-11(14(16)17)7-9-13(15(18)19)10-8-12-5-3-2-4-6-12;1-5(2)6(8)9-4-3-7/h2-10H,1H3,(H,16,17)(H,18,19);7H,1,3-4H2,2H3. The molecule has 1 aromatic rings. The summed E-state index contributed by atoms with van der Waals surface area (Å²) >= 11 is 0. The van der Waals surface area contributed by atoms with Gasteiger partial charge in [0.1, 0.15) is 6.61 Å². The first kappa shape index (κ1) is 24.6. The molecule has 0 aliphatic rings. The largest absolute Gasteiger partial charge is 0.478 e. The van der Waals surface area contributed by atoms with Gasteiger partial charge >= 0.3 is 17.9 Å². The summed E-state index contributed by atoms with van der Waals surface area (Å²) in [6, 6.07) is 9.24. The van der Waals surface area contributed by atoms with Gasteiger partial charge in [-0.3, -0.25) is 0 Å². The topological polar surface area (TPSA) is 121 Å². The number of ether oxygens (including phenoxy) is 1. The van der Waals surface area contributed by atoms with E-state index >= 15 is 0 Å². The molecule has 0 fully saturated rings. The third-order valence-electron chi connectivity index (χ3n) is 3.03. The molecule has 150 valence electrons. The Labute approximate surface area is 163 Å². The highest BCUT2D eigenvalue weighted by Crippen LogP contribution is 2.06. The molecule has 7 heteroatoms. The number of carbonyl (C=O) groups excluding carboxylic acids is 1. The Morgan fingerprint density at radius 3 is 2.11 bits per heavy atom. The first-order valence-corrected chi connectivity index (χ1v) is 8.20. The number of carbonyl (C=O) groups is 3. The molecule has 3 N–H and O–H groups in total. The number of allylic oxidation sites excluding steroid dienone is 2. The summed E-state index contributed by atoms with van der Waals surface area (Å²) in [6.45, 7) is 6.22. The minimum Gasteiger partial charge on any atom is -0.478 e. The molecular formula is C21H24O7. The van der Waals surface area contributed by atoms with Crippen molar-refractivity contribution < 1.29 is 34.4 Å². The summed E-state index contributed by atoms with van der Waals surface area (Å²) in [5.41, 5.74) is 1.31. The fourth-order valence-electron chi connectivity index (χ4n) is 1.50. The number of aliphatic carboxylic acids is 2. The minimum absolute atomic E-state index is 0.0180. The number of hydrogen-bond acceptors (Lipinski definition) is 5. The quantitative estimate of drug-likeness (QED) is 0.356. The number of hydrogen-bond donors (Lipinski definition) is 3. The Balaban J connectivity index is 0.000000684. The molecule has 0 unspecified atom stereocenters. The average molecular weight is 388 g/mol. The maximum Gasteiger partial charge on any atom is 0.335 e. The molecule has 28 heavy (non-hydrogen) atoms. The fraction of sp³-hybridized carbons (Fsp3) is 0.190. The monoisotopic (exact) mass is 388 g/mol. The lowest BCUT2D eigenvalue weighted by Crippen LogP contribution is -2.08. The van der Waals surface area contributed by atoms with E-state index in [-0.39, 0.29) is 24.4 Å². The zero-order valence-electron chi connectivity index (χ0n) is 15.8. The summed E-state index contributed by atoms with van der Waals surface area (Å²) in [4.78, 5) is 32.1. The van der Waals surface area contributed by atoms with Crippen LogP contribution in [0.25, 0.3) is 6.08 Å². The summed E-state index contributed by atoms with van der Waals surface area (Å²) < 4.78 is 4.46. The maximum absolute atomic E-state index is 11.0. The van der Waals surface area contributed by atoms with Crippen LogP contribution in [0.2, 0.25) is 0 Å². The van der Waals surface area contributed by atoms with Crippen molar-refractivity contribution in [2.24, 2.45) is 0 Å². The van der Waals surface area contributed by atoms with E-state index < -0.39 is 17.9 Å². The molecule has 0 saturated heterocycles. The normalized spacial score (nSPS) is 11.4. The van der Waals surface area contributed by atoms with Crippen LogP contribution in [0, 0.1) is 0 Å². The van der Waals surface area contributed by atoms with E-state index in [1.165, 1.54) is 25.2 Å². The van der Waals surface area contributed by atoms with E-state index in [9.17, 15) is 14.4 Å². The van der Waals surface area contributed by atoms with Crippen molar-refractivity contribution in [1.29, 1.82) is 0 Å². The van der Waals surface area contributed by atoms with Crippen LogP contribution in [0.15, 0.2) is 71.9 Å². The number of aliphatic hydroxyl groups is 1. The molecule has 0 atom stereocenters. The first-order valence-electron chi connectivity index (χ1n) is 8.20. The Morgan fingerprint density at radius 2 is 1.64 bits per heavy atom. The molecular weight excluding hydrogens is 364 g/mol. The molecule has 0 saturated carbocycles. The Bertz CT molecular complexity index is 771. The molecule has 0 aliphatic heterocycles. The maximum atomic E-state index is 11.0. The summed E-state index contributed by atoms with van der Waals surface area (Å²) in [7, 11) is 0. The number of benzene rings is 1. The molecule has 1 aromatic carbocycles. The molecule has 0 aromatic heterocycles. The molecule has 7 nitrogen and oxygen atoms in total. The SMILES string of the molecule is C=C(C)C(=O)OCCO.CC(=CC=C(C=Cc1ccccc1)C(=O)O)C(=O)O. The predicted octanol–water partition coefficient (Wildman–Crippen LogP) is 2.84. The highest BCUT2D eigenvalue weighted by molar-refractivity contribution is 5.92. The van der Waals surface area contributed by atoms with Gasteiger partial charge in [0, 0.05) is 11.1 Å². The molecule has 0 bridgehead atoms. The molecule has 0 heterocycles. The molecule has 0 radical (unpaired) electrons. The lowest BCUT2D eigenvalue weighted by atomic mass is 10.1. The van der Waals surface area contributed by atoms with Crippen LogP contribution < -0.4 is 0 Å². The zero-order chi connectivity index (χ0) is 21.5. The van der Waals surface area contributed by atoms with Gasteiger partial charge in [-0.15, -0.1) is 0 Å². The molecule has 1 rings (SSSR count). The van der Waals surface area contributed by atoms with Crippen molar-refractivity contribution in [3.63, 3.8) is 0 Å². The van der Waals surface area contributed by atoms with Crippen molar-refractivity contribution in [3.8, 4) is 0 Å². The summed E-state index contributed by atoms with van der Waals surface area (Å²) in [6.07, 6.45) is 5.62. The fourth-order valence-corrected chi connectivity index (χ4v) is 1.50. The second-order valence-electron chi connectivity index (χ2n) is 5.47. The van der Waals surface area contributed by atoms with Gasteiger partial charge < -0.3 is 20.1 Å². The highest BCUT2D eigenvalue weighted by Gasteiger charge is 2.03. The van der Waals surface area contributed by atoms with Gasteiger partial charge in [-0.25, -0.2) is 14.4 Å². The lowest BCUT2D eigenvalue weighted by Gasteiger charge is -1.99. The van der Waals surface area contributed by atoms with E-state index in [2.05, 4.69) is 11.3 Å². The van der Waals surface area contributed by atoms with E-state index in [1.807, 2.05) is 30.3 Å². The predicted molar refractivity (Wildman–Crippen MR) is 105 cm³/mol. The minimum atomic E-state index is -1.11. The van der Waals surface area contributed by atoms with Gasteiger partial charge in [0.2, 0.25) is 0 Å². The number of carboxylic acids is 2. The molecule has 0 amide bonds. The van der Waals surface area contributed by atoms with Gasteiger partial charge in [-0.05, 0) is 31.6 Å². The van der Waals surface area contributed by atoms with Crippen LogP contribution in [0.4, 0.5) is 0 Å². The van der Waals surface area contributed by atoms with Crippen LogP contribution >= 0.6 is 0 Å². The number of aliphatic hydroxyl groups excluding tert-OH is 1. The van der Waals surface area contributed by atoms with Crippen LogP contribution in [-0.2, 0) is 19.1 Å². The zero-order valence-corrected chi connectivity index (χ0v) is 15.8. The Morgan fingerprint density at radius 1 is 1.04 bits per heavy atom. The van der Waals surface area contributed by atoms with Crippen LogP contribution in [0.1, 0.15) is 19.4 Å². The second kappa shape index (κ2) is 13.7. The first-order chi connectivity index (χ1) is 13.2. The van der Waals surface area contributed by atoms with Gasteiger partial charge in [0.05, 0.1) is 12.2 Å². The summed E-state index contributed by atoms with van der Waals surface area (Å²) in [5, 5.41) is 25.9. The molecule has 0 spiro atoms. The average Bonchev–Trinajstić information content (AvgIpc) is 2.66. The van der Waals surface area contributed by atoms with Crippen molar-refractivity contribution in [2.75, 3.05) is 13.2 Å². The Kier molecular flexibility index (Phi) is 12.0. The Hall–Kier alpha value is -3.45. The van der Waals surface area contributed by atoms with E-state index in [0.29, 0.717) is 5.57 Å². The van der Waals surface area contributed by atoms with E-state index in [4.69, 9.17) is 15.3 Å². The number of esters is 1. The van der Waals surface area contributed by atoms with Crippen molar-refractivity contribution in [2.45, 2.75) is 13.8 Å². The van der Waals surface area contributed by atoms with Gasteiger partial charge in [0.25, 0.3) is 0 Å². The van der Waals surface area contributed by atoms with E-state index in [0.717, 1.165) is 5.56 Å². The van der Waals surface area contributed by atoms with E-state index in [1.54, 1.807) is 13.0 Å². The number of carboxylic acid groups (broad SMARTS) is 2. The molecule has 0 aliphatic carbocycles. The van der Waals surface area contributed by atoms with Gasteiger partial charge in [-0.1, -0.05) is 49.1 Å². The lowest BCUT2D eigenvalue weighted by molar-refractivity contribution is -0.140. The van der Waals surface area contributed by atoms with Crippen molar-refractivity contribution in [1.82, 2.24) is 0 Å². The summed E-state index contributed by atoms with van der Waals surface area (Å²) in [5.74, 6) is -2.64. The van der Waals surface area contributed by atoms with Crippen LogP contribution in [0.5, 0.6) is 0 Å². The smallest absolute Gasteiger partial charge is 0.335 e. The van der Waals surface area contributed by atoms with Gasteiger partial charge in [0.15, 0.2) is 0 Å². The van der Waals surface area contributed by atoms with Crippen LogP contribution in [-0.4, -0.2) is 46.4 Å². The van der Waals surface area contributed by atoms with Crippen molar-refractivity contribution in [3.05, 3.63) is 77.4 Å². The third-order valence-corrected chi connectivity index (χ3v) is 3.03. The number of rotatable bonds is 8. The second-order valence-corrected chi connectivity index (χ2v) is 5.47. The highest BCUT2D eigenvalue weighted by atomic mass is 16.5. The third kappa shape index (κ3) is 11.2. The van der Waals surface area contributed by atoms with Crippen molar-refractivity contribution >= 4 is 24.0 Å². The van der Waals surface area contributed by atoms with Gasteiger partial charge in [-0.2, -0.15) is 0 Å². The van der Waals surface area contributed by atoms with Crippen LogP contribution in [0.3, 0.4) is 0 Å².